The number of hydrogen-bond acceptors (Lipinski definition) is 2. The van der Waals surface area contributed by atoms with Crippen LogP contribution in [-0.2, 0) is 6.54 Å². The van der Waals surface area contributed by atoms with Crippen LogP contribution in [-0.4, -0.2) is 26.2 Å². The van der Waals surface area contributed by atoms with E-state index in [1.807, 2.05) is 36.2 Å². The van der Waals surface area contributed by atoms with Gasteiger partial charge in [0.2, 0.25) is 0 Å². The molecule has 16 heavy (non-hydrogen) atoms. The first-order valence-electron chi connectivity index (χ1n) is 5.61. The largest absolute Gasteiger partial charge is 0.338 e. The number of nitrogens with zero attached hydrogens (tertiary/aromatic N) is 1. The van der Waals surface area contributed by atoms with Gasteiger partial charge in [-0.25, -0.2) is 4.79 Å². The topological polar surface area (TPSA) is 44.4 Å². The number of nitrogens with one attached hydrogen (secondary N) is 2. The van der Waals surface area contributed by atoms with Crippen LogP contribution in [0.15, 0.2) is 24.3 Å². The predicted molar refractivity (Wildman–Crippen MR) is 64.6 cm³/mol. The van der Waals surface area contributed by atoms with Crippen LogP contribution in [0.25, 0.3) is 0 Å². The molecule has 2 amide bonds. The number of benzene rings is 1. The molecule has 0 atom stereocenters. The summed E-state index contributed by atoms with van der Waals surface area (Å²) in [6, 6.07) is 8.02. The lowest BCUT2D eigenvalue weighted by Crippen LogP contribution is -2.47. The monoisotopic (exact) mass is 219 g/mol. The van der Waals surface area contributed by atoms with Gasteiger partial charge in [0.15, 0.2) is 0 Å². The average Bonchev–Trinajstić information content (AvgIpc) is 2.31. The summed E-state index contributed by atoms with van der Waals surface area (Å²) in [7, 11) is 1.91. The highest BCUT2D eigenvalue weighted by Gasteiger charge is 2.20. The van der Waals surface area contributed by atoms with E-state index in [0.717, 1.165) is 37.3 Å². The van der Waals surface area contributed by atoms with E-state index in [-0.39, 0.29) is 6.03 Å². The van der Waals surface area contributed by atoms with Crippen LogP contribution in [0.4, 0.5) is 10.5 Å². The molecule has 4 nitrogen and oxygen atoms in total. The summed E-state index contributed by atoms with van der Waals surface area (Å²) in [5.74, 6) is 0. The highest BCUT2D eigenvalue weighted by atomic mass is 16.2. The minimum absolute atomic E-state index is 0.00908. The third-order valence-corrected chi connectivity index (χ3v) is 2.73. The summed E-state index contributed by atoms with van der Waals surface area (Å²) >= 11 is 0. The molecule has 0 aliphatic carbocycles. The lowest BCUT2D eigenvalue weighted by molar-refractivity contribution is 0.243. The molecule has 1 saturated heterocycles. The fourth-order valence-electron chi connectivity index (χ4n) is 1.97. The summed E-state index contributed by atoms with van der Waals surface area (Å²) in [5, 5.41) is 5.99. The van der Waals surface area contributed by atoms with E-state index in [2.05, 4.69) is 10.6 Å². The minimum Gasteiger partial charge on any atom is -0.338 e. The van der Waals surface area contributed by atoms with Crippen molar-refractivity contribution in [1.82, 2.24) is 10.6 Å². The van der Waals surface area contributed by atoms with Crippen LogP contribution in [0.1, 0.15) is 12.0 Å². The first-order chi connectivity index (χ1) is 7.83. The zero-order valence-electron chi connectivity index (χ0n) is 9.49. The number of hydrogen-bond donors (Lipinski definition) is 2. The fraction of sp³-hybridized carbons (Fsp3) is 0.417. The van der Waals surface area contributed by atoms with Crippen molar-refractivity contribution in [1.29, 1.82) is 0 Å². The molecule has 0 aromatic heterocycles. The molecular formula is C12H17N3O. The zero-order valence-corrected chi connectivity index (χ0v) is 9.49. The third kappa shape index (κ3) is 2.17. The van der Waals surface area contributed by atoms with Gasteiger partial charge in [-0.3, -0.25) is 4.90 Å². The first-order valence-corrected chi connectivity index (χ1v) is 5.61. The molecule has 86 valence electrons. The molecule has 0 spiro atoms. The highest BCUT2D eigenvalue weighted by Crippen LogP contribution is 2.21. The van der Waals surface area contributed by atoms with Crippen molar-refractivity contribution < 1.29 is 4.79 Å². The van der Waals surface area contributed by atoms with Crippen LogP contribution in [0.3, 0.4) is 0 Å². The molecule has 0 unspecified atom stereocenters. The number of urea groups is 1. The second-order valence-electron chi connectivity index (χ2n) is 3.90. The van der Waals surface area contributed by atoms with Crippen LogP contribution >= 0.6 is 0 Å². The maximum atomic E-state index is 11.7. The van der Waals surface area contributed by atoms with Crippen molar-refractivity contribution >= 4 is 11.7 Å². The highest BCUT2D eigenvalue weighted by molar-refractivity contribution is 5.93. The number of carbonyl (C=O) groups excluding carboxylic acids is 1. The van der Waals surface area contributed by atoms with Crippen LogP contribution in [0.2, 0.25) is 0 Å². The lowest BCUT2D eigenvalue weighted by atomic mass is 10.1. The summed E-state index contributed by atoms with van der Waals surface area (Å²) < 4.78 is 0. The van der Waals surface area contributed by atoms with Crippen LogP contribution in [0, 0.1) is 0 Å². The average molecular weight is 219 g/mol. The Labute approximate surface area is 95.6 Å². The van der Waals surface area contributed by atoms with Gasteiger partial charge in [0.1, 0.15) is 0 Å². The molecule has 0 radical (unpaired) electrons. The first kappa shape index (κ1) is 11.0. The molecule has 1 aliphatic heterocycles. The third-order valence-electron chi connectivity index (χ3n) is 2.73. The number of anilines is 1. The van der Waals surface area contributed by atoms with Gasteiger partial charge in [-0.15, -0.1) is 0 Å². The molecular weight excluding hydrogens is 202 g/mol. The Balaban J connectivity index is 2.27. The molecule has 1 fully saturated rings. The van der Waals surface area contributed by atoms with Crippen LogP contribution in [0.5, 0.6) is 0 Å². The van der Waals surface area contributed by atoms with Gasteiger partial charge >= 0.3 is 6.03 Å². The van der Waals surface area contributed by atoms with E-state index in [9.17, 15) is 4.79 Å². The molecule has 0 bridgehead atoms. The van der Waals surface area contributed by atoms with Gasteiger partial charge in [0, 0.05) is 25.3 Å². The Morgan fingerprint density at radius 2 is 2.25 bits per heavy atom. The number of para-hydroxylation sites is 1. The van der Waals surface area contributed by atoms with Crippen molar-refractivity contribution in [3.05, 3.63) is 29.8 Å². The Morgan fingerprint density at radius 3 is 3.00 bits per heavy atom. The Morgan fingerprint density at radius 1 is 1.44 bits per heavy atom. The molecule has 2 rings (SSSR count). The van der Waals surface area contributed by atoms with Crippen molar-refractivity contribution in [2.75, 3.05) is 25.0 Å². The SMILES string of the molecule is CNCc1ccccc1N1CCCNC1=O. The maximum Gasteiger partial charge on any atom is 0.321 e. The number of amides is 2. The minimum atomic E-state index is 0.00908. The maximum absolute atomic E-state index is 11.7. The van der Waals surface area contributed by atoms with E-state index >= 15 is 0 Å². The molecule has 1 aromatic rings. The molecule has 1 aliphatic rings. The molecule has 2 N–H and O–H groups in total. The lowest BCUT2D eigenvalue weighted by Gasteiger charge is -2.29. The summed E-state index contributed by atoms with van der Waals surface area (Å²) in [5.41, 5.74) is 2.16. The van der Waals surface area contributed by atoms with Crippen molar-refractivity contribution in [2.45, 2.75) is 13.0 Å². The van der Waals surface area contributed by atoms with Gasteiger partial charge in [-0.05, 0) is 25.1 Å². The molecule has 4 heteroatoms. The van der Waals surface area contributed by atoms with Crippen molar-refractivity contribution in [3.8, 4) is 0 Å². The van der Waals surface area contributed by atoms with Gasteiger partial charge in [-0.2, -0.15) is 0 Å². The summed E-state index contributed by atoms with van der Waals surface area (Å²) in [4.78, 5) is 13.6. The van der Waals surface area contributed by atoms with Gasteiger partial charge in [-0.1, -0.05) is 18.2 Å². The second-order valence-corrected chi connectivity index (χ2v) is 3.90. The number of carbonyl (C=O) groups is 1. The fourth-order valence-corrected chi connectivity index (χ4v) is 1.97. The van der Waals surface area contributed by atoms with E-state index in [4.69, 9.17) is 0 Å². The quantitative estimate of drug-likeness (QED) is 0.805. The van der Waals surface area contributed by atoms with Gasteiger partial charge in [0.25, 0.3) is 0 Å². The molecule has 1 aromatic carbocycles. The Kier molecular flexibility index (Phi) is 3.41. The smallest absolute Gasteiger partial charge is 0.321 e. The molecule has 0 saturated carbocycles. The Hall–Kier alpha value is -1.55. The zero-order chi connectivity index (χ0) is 11.4. The summed E-state index contributed by atoms with van der Waals surface area (Å²) in [6.07, 6.45) is 1.000. The van der Waals surface area contributed by atoms with Gasteiger partial charge in [0.05, 0.1) is 0 Å². The number of rotatable bonds is 3. The Bertz CT molecular complexity index is 378. The van der Waals surface area contributed by atoms with Crippen LogP contribution < -0.4 is 15.5 Å². The second kappa shape index (κ2) is 4.99. The van der Waals surface area contributed by atoms with Gasteiger partial charge < -0.3 is 10.6 Å². The van der Waals surface area contributed by atoms with E-state index < -0.39 is 0 Å². The predicted octanol–water partition coefficient (Wildman–Crippen LogP) is 1.33. The summed E-state index contributed by atoms with van der Waals surface area (Å²) in [6.45, 7) is 2.36. The molecule has 1 heterocycles. The van der Waals surface area contributed by atoms with Crippen molar-refractivity contribution in [3.63, 3.8) is 0 Å². The van der Waals surface area contributed by atoms with E-state index in [1.54, 1.807) is 0 Å². The van der Waals surface area contributed by atoms with Crippen molar-refractivity contribution in [2.24, 2.45) is 0 Å². The standard InChI is InChI=1S/C12H17N3O/c1-13-9-10-5-2-3-6-11(10)15-8-4-7-14-12(15)16/h2-3,5-6,13H,4,7-9H2,1H3,(H,14,16). The normalized spacial score (nSPS) is 16.1. The van der Waals surface area contributed by atoms with E-state index in [0.29, 0.717) is 0 Å². The van der Waals surface area contributed by atoms with E-state index in [1.165, 1.54) is 0 Å².